The van der Waals surface area contributed by atoms with Crippen LogP contribution in [0.2, 0.25) is 0 Å². The van der Waals surface area contributed by atoms with Crippen molar-refractivity contribution in [3.8, 4) is 5.69 Å². The molecule has 0 saturated heterocycles. The van der Waals surface area contributed by atoms with Gasteiger partial charge in [-0.2, -0.15) is 9.78 Å². The van der Waals surface area contributed by atoms with Crippen molar-refractivity contribution in [1.82, 2.24) is 14.3 Å². The molecule has 0 bridgehead atoms. The molecule has 0 unspecified atom stereocenters. The maximum atomic E-state index is 13.2. The molecule has 0 amide bonds. The van der Waals surface area contributed by atoms with E-state index in [0.717, 1.165) is 46.4 Å². The smallest absolute Gasteiger partial charge is 0.281 e. The second-order valence-electron chi connectivity index (χ2n) is 6.60. The number of para-hydroxylation sites is 1. The standard InChI is InChI=1S/C21H21N3O/c1-14-9-7-8-12-19(14)24-21(25)20-16(3)23(15(2)18(20)13-22-24)17-10-5-4-6-11-17/h4-6,8,10-13H,7,9H2,1-3H3. The van der Waals surface area contributed by atoms with Crippen LogP contribution in [-0.2, 0) is 0 Å². The highest BCUT2D eigenvalue weighted by molar-refractivity contribution is 5.88. The minimum atomic E-state index is -0.0475. The van der Waals surface area contributed by atoms with Crippen LogP contribution in [0, 0.1) is 13.8 Å². The number of hydrogen-bond donors (Lipinski definition) is 0. The van der Waals surface area contributed by atoms with Crippen molar-refractivity contribution in [3.63, 3.8) is 0 Å². The lowest BCUT2D eigenvalue weighted by molar-refractivity contribution is 0.818. The van der Waals surface area contributed by atoms with Crippen LogP contribution in [0.1, 0.15) is 31.2 Å². The van der Waals surface area contributed by atoms with Crippen molar-refractivity contribution in [3.05, 3.63) is 76.0 Å². The van der Waals surface area contributed by atoms with E-state index in [1.54, 1.807) is 4.68 Å². The maximum Gasteiger partial charge on any atom is 0.281 e. The highest BCUT2D eigenvalue weighted by Crippen LogP contribution is 2.27. The molecule has 4 heteroatoms. The van der Waals surface area contributed by atoms with Crippen LogP contribution < -0.4 is 5.56 Å². The molecular weight excluding hydrogens is 310 g/mol. The Bertz CT molecular complexity index is 1080. The molecule has 0 spiro atoms. The van der Waals surface area contributed by atoms with Crippen LogP contribution in [0.25, 0.3) is 22.2 Å². The number of hydrogen-bond acceptors (Lipinski definition) is 2. The van der Waals surface area contributed by atoms with Crippen LogP contribution in [0.5, 0.6) is 0 Å². The summed E-state index contributed by atoms with van der Waals surface area (Å²) < 4.78 is 3.69. The molecule has 0 atom stereocenters. The zero-order valence-corrected chi connectivity index (χ0v) is 14.8. The first kappa shape index (κ1) is 15.6. The van der Waals surface area contributed by atoms with Crippen molar-refractivity contribution in [2.45, 2.75) is 33.6 Å². The molecule has 3 aromatic rings. The third-order valence-electron chi connectivity index (χ3n) is 5.04. The highest BCUT2D eigenvalue weighted by atomic mass is 16.1. The third-order valence-corrected chi connectivity index (χ3v) is 5.04. The summed E-state index contributed by atoms with van der Waals surface area (Å²) in [5.74, 6) is 0. The minimum absolute atomic E-state index is 0.0475. The first-order valence-electron chi connectivity index (χ1n) is 8.61. The number of rotatable bonds is 2. The quantitative estimate of drug-likeness (QED) is 0.699. The van der Waals surface area contributed by atoms with Crippen molar-refractivity contribution < 1.29 is 0 Å². The molecule has 0 aliphatic heterocycles. The van der Waals surface area contributed by atoms with Crippen molar-refractivity contribution >= 4 is 16.5 Å². The lowest BCUT2D eigenvalue weighted by Gasteiger charge is -2.13. The SMILES string of the molecule is CC1=C(n2ncc3c(C)n(-c4ccccc4)c(C)c3c2=O)C=CCC1. The fourth-order valence-corrected chi connectivity index (χ4v) is 3.71. The zero-order valence-electron chi connectivity index (χ0n) is 14.8. The fourth-order valence-electron chi connectivity index (χ4n) is 3.71. The van der Waals surface area contributed by atoms with Crippen LogP contribution in [0.15, 0.2) is 59.0 Å². The van der Waals surface area contributed by atoms with E-state index in [4.69, 9.17) is 0 Å². The lowest BCUT2D eigenvalue weighted by atomic mass is 10.0. The summed E-state index contributed by atoms with van der Waals surface area (Å²) in [7, 11) is 0. The van der Waals surface area contributed by atoms with E-state index in [1.165, 1.54) is 5.57 Å². The molecule has 25 heavy (non-hydrogen) atoms. The highest BCUT2D eigenvalue weighted by Gasteiger charge is 2.19. The average Bonchev–Trinajstić information content (AvgIpc) is 2.88. The van der Waals surface area contributed by atoms with Gasteiger partial charge in [0.25, 0.3) is 5.56 Å². The molecule has 4 rings (SSSR count). The van der Waals surface area contributed by atoms with Gasteiger partial charge in [0.2, 0.25) is 0 Å². The lowest BCUT2D eigenvalue weighted by Crippen LogP contribution is -2.23. The number of benzene rings is 1. The Morgan fingerprint density at radius 3 is 2.52 bits per heavy atom. The molecule has 2 aromatic heterocycles. The molecule has 2 heterocycles. The van der Waals surface area contributed by atoms with E-state index >= 15 is 0 Å². The Morgan fingerprint density at radius 2 is 1.80 bits per heavy atom. The number of aryl methyl sites for hydroxylation is 2. The molecule has 0 N–H and O–H groups in total. The van der Waals surface area contributed by atoms with Gasteiger partial charge in [-0.05, 0) is 57.4 Å². The summed E-state index contributed by atoms with van der Waals surface area (Å²) in [6, 6.07) is 10.1. The van der Waals surface area contributed by atoms with Gasteiger partial charge < -0.3 is 4.57 Å². The van der Waals surface area contributed by atoms with Gasteiger partial charge in [-0.3, -0.25) is 4.79 Å². The van der Waals surface area contributed by atoms with E-state index in [-0.39, 0.29) is 5.56 Å². The van der Waals surface area contributed by atoms with Crippen molar-refractivity contribution in [2.24, 2.45) is 0 Å². The number of nitrogens with zero attached hydrogens (tertiary/aromatic N) is 3. The van der Waals surface area contributed by atoms with Crippen molar-refractivity contribution in [1.29, 1.82) is 0 Å². The Balaban J connectivity index is 2.02. The molecule has 1 aliphatic rings. The van der Waals surface area contributed by atoms with Gasteiger partial charge in [0, 0.05) is 22.5 Å². The van der Waals surface area contributed by atoms with Gasteiger partial charge in [-0.1, -0.05) is 24.3 Å². The fraction of sp³-hybridized carbons (Fsp3) is 0.238. The molecule has 0 fully saturated rings. The van der Waals surface area contributed by atoms with E-state index in [2.05, 4.69) is 34.8 Å². The Labute approximate surface area is 146 Å². The van der Waals surface area contributed by atoms with Crippen LogP contribution in [-0.4, -0.2) is 14.3 Å². The van der Waals surface area contributed by atoms with Gasteiger partial charge >= 0.3 is 0 Å². The van der Waals surface area contributed by atoms with Crippen LogP contribution in [0.4, 0.5) is 0 Å². The predicted molar refractivity (Wildman–Crippen MR) is 102 cm³/mol. The predicted octanol–water partition coefficient (Wildman–Crippen LogP) is 4.39. The minimum Gasteiger partial charge on any atom is -0.317 e. The average molecular weight is 331 g/mol. The summed E-state index contributed by atoms with van der Waals surface area (Å²) in [5.41, 5.74) is 5.12. The monoisotopic (exact) mass is 331 g/mol. The summed E-state index contributed by atoms with van der Waals surface area (Å²) in [5, 5.41) is 6.13. The summed E-state index contributed by atoms with van der Waals surface area (Å²) >= 11 is 0. The summed E-state index contributed by atoms with van der Waals surface area (Å²) in [4.78, 5) is 13.2. The summed E-state index contributed by atoms with van der Waals surface area (Å²) in [6.45, 7) is 6.12. The molecule has 4 nitrogen and oxygen atoms in total. The molecule has 126 valence electrons. The van der Waals surface area contributed by atoms with Gasteiger partial charge in [0.1, 0.15) is 0 Å². The topological polar surface area (TPSA) is 39.8 Å². The maximum absolute atomic E-state index is 13.2. The first-order chi connectivity index (χ1) is 12.1. The number of aromatic nitrogens is 3. The Kier molecular flexibility index (Phi) is 3.68. The number of allylic oxidation sites excluding steroid dienone is 4. The second-order valence-corrected chi connectivity index (χ2v) is 6.60. The largest absolute Gasteiger partial charge is 0.317 e. The van der Waals surface area contributed by atoms with E-state index < -0.39 is 0 Å². The van der Waals surface area contributed by atoms with Crippen LogP contribution in [0.3, 0.4) is 0 Å². The number of fused-ring (bicyclic) bond motifs is 1. The summed E-state index contributed by atoms with van der Waals surface area (Å²) in [6.07, 6.45) is 7.93. The molecule has 1 aromatic carbocycles. The van der Waals surface area contributed by atoms with E-state index in [0.29, 0.717) is 0 Å². The van der Waals surface area contributed by atoms with Gasteiger partial charge in [-0.25, -0.2) is 0 Å². The van der Waals surface area contributed by atoms with E-state index in [9.17, 15) is 4.79 Å². The van der Waals surface area contributed by atoms with E-state index in [1.807, 2.05) is 44.3 Å². The molecular formula is C21H21N3O. The Hall–Kier alpha value is -2.88. The normalized spacial score (nSPS) is 14.5. The first-order valence-corrected chi connectivity index (χ1v) is 8.61. The Morgan fingerprint density at radius 1 is 1.04 bits per heavy atom. The van der Waals surface area contributed by atoms with Crippen LogP contribution >= 0.6 is 0 Å². The van der Waals surface area contributed by atoms with Gasteiger partial charge in [0.05, 0.1) is 17.3 Å². The second kappa shape index (κ2) is 5.88. The third kappa shape index (κ3) is 2.37. The van der Waals surface area contributed by atoms with Crippen molar-refractivity contribution in [2.75, 3.05) is 0 Å². The van der Waals surface area contributed by atoms with Gasteiger partial charge in [-0.15, -0.1) is 0 Å². The van der Waals surface area contributed by atoms with Gasteiger partial charge in [0.15, 0.2) is 0 Å². The molecule has 0 radical (unpaired) electrons. The molecule has 1 aliphatic carbocycles. The molecule has 0 saturated carbocycles. The zero-order chi connectivity index (χ0) is 17.6.